The Kier molecular flexibility index (Phi) is 5.78. The number of rotatable bonds is 6. The maximum Gasteiger partial charge on any atom is 0.220 e. The second-order valence-corrected chi connectivity index (χ2v) is 4.71. The fraction of sp³-hybridized carbons (Fsp3) is 0.500. The maximum absolute atomic E-state index is 12.8. The summed E-state index contributed by atoms with van der Waals surface area (Å²) >= 11 is 0. The maximum atomic E-state index is 12.8. The zero-order chi connectivity index (χ0) is 13.5. The molecule has 0 aliphatic carbocycles. The van der Waals surface area contributed by atoms with Gasteiger partial charge in [-0.1, -0.05) is 12.1 Å². The molecule has 18 heavy (non-hydrogen) atoms. The van der Waals surface area contributed by atoms with Gasteiger partial charge in [-0.15, -0.1) is 0 Å². The van der Waals surface area contributed by atoms with Crippen LogP contribution < -0.4 is 11.1 Å². The zero-order valence-electron chi connectivity index (χ0n) is 10.9. The molecule has 2 atom stereocenters. The van der Waals surface area contributed by atoms with Gasteiger partial charge in [0, 0.05) is 12.5 Å². The van der Waals surface area contributed by atoms with Crippen LogP contribution >= 0.6 is 0 Å². The lowest BCUT2D eigenvalue weighted by Crippen LogP contribution is -2.26. The first-order valence-corrected chi connectivity index (χ1v) is 6.29. The first kappa shape index (κ1) is 14.6. The third-order valence-electron chi connectivity index (χ3n) is 2.81. The Balaban J connectivity index is 2.37. The Bertz CT molecular complexity index is 376. The van der Waals surface area contributed by atoms with E-state index in [9.17, 15) is 9.18 Å². The van der Waals surface area contributed by atoms with E-state index in [1.165, 1.54) is 12.1 Å². The van der Waals surface area contributed by atoms with Crippen LogP contribution in [0.4, 0.5) is 4.39 Å². The highest BCUT2D eigenvalue weighted by Crippen LogP contribution is 2.13. The van der Waals surface area contributed by atoms with Gasteiger partial charge < -0.3 is 11.1 Å². The highest BCUT2D eigenvalue weighted by molar-refractivity contribution is 5.76. The summed E-state index contributed by atoms with van der Waals surface area (Å²) < 4.78 is 12.8. The molecule has 1 rings (SSSR count). The number of carbonyl (C=O) groups is 1. The molecule has 0 saturated carbocycles. The monoisotopic (exact) mass is 252 g/mol. The average Bonchev–Trinajstić information content (AvgIpc) is 2.29. The van der Waals surface area contributed by atoms with E-state index in [1.807, 2.05) is 13.8 Å². The topological polar surface area (TPSA) is 55.1 Å². The van der Waals surface area contributed by atoms with Crippen molar-refractivity contribution < 1.29 is 9.18 Å². The summed E-state index contributed by atoms with van der Waals surface area (Å²) in [5, 5.41) is 2.89. The van der Waals surface area contributed by atoms with Crippen molar-refractivity contribution in [2.24, 2.45) is 5.73 Å². The third kappa shape index (κ3) is 5.27. The van der Waals surface area contributed by atoms with Gasteiger partial charge >= 0.3 is 0 Å². The van der Waals surface area contributed by atoms with Gasteiger partial charge in [-0.25, -0.2) is 4.39 Å². The van der Waals surface area contributed by atoms with E-state index in [0.717, 1.165) is 18.4 Å². The van der Waals surface area contributed by atoms with Crippen molar-refractivity contribution in [1.82, 2.24) is 5.32 Å². The average molecular weight is 252 g/mol. The predicted octanol–water partition coefficient (Wildman–Crippen LogP) is 2.52. The van der Waals surface area contributed by atoms with E-state index in [1.54, 1.807) is 12.1 Å². The van der Waals surface area contributed by atoms with Gasteiger partial charge in [0.15, 0.2) is 0 Å². The summed E-state index contributed by atoms with van der Waals surface area (Å²) in [7, 11) is 0. The van der Waals surface area contributed by atoms with E-state index in [-0.39, 0.29) is 23.8 Å². The third-order valence-corrected chi connectivity index (χ3v) is 2.81. The van der Waals surface area contributed by atoms with E-state index in [2.05, 4.69) is 5.32 Å². The van der Waals surface area contributed by atoms with Gasteiger partial charge in [0.1, 0.15) is 5.82 Å². The molecule has 1 amide bonds. The summed E-state index contributed by atoms with van der Waals surface area (Å²) in [6.07, 6.45) is 2.12. The van der Waals surface area contributed by atoms with Crippen molar-refractivity contribution in [2.75, 3.05) is 0 Å². The highest BCUT2D eigenvalue weighted by Gasteiger charge is 2.09. The minimum absolute atomic E-state index is 0.00692. The van der Waals surface area contributed by atoms with E-state index in [4.69, 9.17) is 5.73 Å². The van der Waals surface area contributed by atoms with Gasteiger partial charge in [-0.3, -0.25) is 4.79 Å². The quantitative estimate of drug-likeness (QED) is 0.817. The molecule has 0 heterocycles. The molecule has 0 aliphatic heterocycles. The molecule has 3 N–H and O–H groups in total. The molecule has 100 valence electrons. The summed E-state index contributed by atoms with van der Waals surface area (Å²) in [6.45, 7) is 3.82. The Morgan fingerprint density at radius 3 is 2.50 bits per heavy atom. The Labute approximate surface area is 108 Å². The second-order valence-electron chi connectivity index (χ2n) is 4.71. The molecule has 2 unspecified atom stereocenters. The molecule has 0 bridgehead atoms. The van der Waals surface area contributed by atoms with E-state index >= 15 is 0 Å². The van der Waals surface area contributed by atoms with Crippen LogP contribution in [0.1, 0.15) is 44.7 Å². The van der Waals surface area contributed by atoms with Gasteiger partial charge in [0.25, 0.3) is 0 Å². The van der Waals surface area contributed by atoms with Crippen LogP contribution in [-0.4, -0.2) is 11.9 Å². The fourth-order valence-corrected chi connectivity index (χ4v) is 1.73. The molecule has 1 aromatic carbocycles. The van der Waals surface area contributed by atoms with Crippen LogP contribution in [0.5, 0.6) is 0 Å². The van der Waals surface area contributed by atoms with Gasteiger partial charge in [0.2, 0.25) is 5.91 Å². The predicted molar refractivity (Wildman–Crippen MR) is 70.5 cm³/mol. The van der Waals surface area contributed by atoms with Crippen molar-refractivity contribution >= 4 is 5.91 Å². The lowest BCUT2D eigenvalue weighted by molar-refractivity contribution is -0.121. The summed E-state index contributed by atoms with van der Waals surface area (Å²) in [6, 6.07) is 6.19. The van der Waals surface area contributed by atoms with Crippen LogP contribution in [0.15, 0.2) is 24.3 Å². The molecular formula is C14H21FN2O. The molecule has 0 aliphatic rings. The fourth-order valence-electron chi connectivity index (χ4n) is 1.73. The normalized spacial score (nSPS) is 14.0. The molecule has 0 saturated heterocycles. The van der Waals surface area contributed by atoms with Gasteiger partial charge in [0.05, 0.1) is 6.04 Å². The Morgan fingerprint density at radius 1 is 1.33 bits per heavy atom. The minimum Gasteiger partial charge on any atom is -0.350 e. The van der Waals surface area contributed by atoms with Crippen LogP contribution in [0, 0.1) is 5.82 Å². The SMILES string of the molecule is CC(N)CCCC(=O)NC(C)c1ccc(F)cc1. The van der Waals surface area contributed by atoms with Gasteiger partial charge in [-0.05, 0) is 44.4 Å². The van der Waals surface area contributed by atoms with Crippen LogP contribution in [0.3, 0.4) is 0 Å². The minimum atomic E-state index is -0.269. The van der Waals surface area contributed by atoms with Crippen molar-refractivity contribution in [3.05, 3.63) is 35.6 Å². The van der Waals surface area contributed by atoms with E-state index < -0.39 is 0 Å². The number of nitrogens with one attached hydrogen (secondary N) is 1. The molecule has 3 nitrogen and oxygen atoms in total. The summed E-state index contributed by atoms with van der Waals surface area (Å²) in [5.41, 5.74) is 6.52. The molecule has 4 heteroatoms. The molecular weight excluding hydrogens is 231 g/mol. The van der Waals surface area contributed by atoms with Crippen molar-refractivity contribution in [1.29, 1.82) is 0 Å². The number of nitrogens with two attached hydrogens (primary N) is 1. The highest BCUT2D eigenvalue weighted by atomic mass is 19.1. The molecule has 0 radical (unpaired) electrons. The summed E-state index contributed by atoms with van der Waals surface area (Å²) in [4.78, 5) is 11.6. The van der Waals surface area contributed by atoms with Crippen molar-refractivity contribution in [3.63, 3.8) is 0 Å². The standard InChI is InChI=1S/C14H21FN2O/c1-10(16)4-3-5-14(18)17-11(2)12-6-8-13(15)9-7-12/h6-11H,3-5,16H2,1-2H3,(H,17,18). The Hall–Kier alpha value is -1.42. The number of amides is 1. The molecule has 0 aromatic heterocycles. The smallest absolute Gasteiger partial charge is 0.220 e. The largest absolute Gasteiger partial charge is 0.350 e. The first-order valence-electron chi connectivity index (χ1n) is 6.29. The van der Waals surface area contributed by atoms with Crippen LogP contribution in [0.2, 0.25) is 0 Å². The number of benzene rings is 1. The second kappa shape index (κ2) is 7.11. The number of hydrogen-bond acceptors (Lipinski definition) is 2. The first-order chi connectivity index (χ1) is 8.49. The molecule has 0 fully saturated rings. The summed E-state index contributed by atoms with van der Waals surface area (Å²) in [5.74, 6) is -0.262. The van der Waals surface area contributed by atoms with E-state index in [0.29, 0.717) is 6.42 Å². The number of hydrogen-bond donors (Lipinski definition) is 2. The zero-order valence-corrected chi connectivity index (χ0v) is 10.9. The Morgan fingerprint density at radius 2 is 1.94 bits per heavy atom. The van der Waals surface area contributed by atoms with Gasteiger partial charge in [-0.2, -0.15) is 0 Å². The lowest BCUT2D eigenvalue weighted by Gasteiger charge is -2.14. The number of halogens is 1. The lowest BCUT2D eigenvalue weighted by atomic mass is 10.1. The number of carbonyl (C=O) groups excluding carboxylic acids is 1. The van der Waals surface area contributed by atoms with Crippen molar-refractivity contribution in [2.45, 2.75) is 45.2 Å². The van der Waals surface area contributed by atoms with Crippen LogP contribution in [-0.2, 0) is 4.79 Å². The van der Waals surface area contributed by atoms with Crippen LogP contribution in [0.25, 0.3) is 0 Å². The molecule has 1 aromatic rings. The molecule has 0 spiro atoms. The van der Waals surface area contributed by atoms with Crippen molar-refractivity contribution in [3.8, 4) is 0 Å².